The van der Waals surface area contributed by atoms with Gasteiger partial charge in [-0.1, -0.05) is 30.3 Å². The van der Waals surface area contributed by atoms with E-state index < -0.39 is 0 Å². The Morgan fingerprint density at radius 3 is 2.54 bits per heavy atom. The maximum Gasteiger partial charge on any atom is 0.274 e. The highest BCUT2D eigenvalue weighted by atomic mass is 19.1. The van der Waals surface area contributed by atoms with Gasteiger partial charge in [-0.15, -0.1) is 0 Å². The van der Waals surface area contributed by atoms with Crippen LogP contribution in [0, 0.1) is 12.7 Å². The van der Waals surface area contributed by atoms with E-state index in [1.54, 1.807) is 31.4 Å². The molecule has 0 unspecified atom stereocenters. The number of ether oxygens (including phenoxy) is 1. The van der Waals surface area contributed by atoms with Gasteiger partial charge in [0, 0.05) is 5.56 Å². The fourth-order valence-electron chi connectivity index (χ4n) is 3.12. The van der Waals surface area contributed by atoms with Gasteiger partial charge < -0.3 is 4.74 Å². The number of halogens is 1. The summed E-state index contributed by atoms with van der Waals surface area (Å²) >= 11 is 0. The normalized spacial score (nSPS) is 11.4. The minimum Gasteiger partial charge on any atom is -0.497 e. The smallest absolute Gasteiger partial charge is 0.274 e. The van der Waals surface area contributed by atoms with Crippen molar-refractivity contribution in [3.8, 4) is 16.9 Å². The van der Waals surface area contributed by atoms with E-state index in [0.29, 0.717) is 16.9 Å². The molecule has 0 saturated heterocycles. The lowest BCUT2D eigenvalue weighted by Gasteiger charge is -2.16. The van der Waals surface area contributed by atoms with Gasteiger partial charge in [-0.2, -0.15) is 5.10 Å². The zero-order valence-electron chi connectivity index (χ0n) is 16.4. The topological polar surface area (TPSA) is 44.1 Å². The zero-order valence-corrected chi connectivity index (χ0v) is 16.4. The molecule has 0 amide bonds. The van der Waals surface area contributed by atoms with Gasteiger partial charge in [0.15, 0.2) is 0 Å². The van der Waals surface area contributed by atoms with Crippen LogP contribution in [0.4, 0.5) is 4.39 Å². The average Bonchev–Trinajstić information content (AvgIpc) is 2.68. The Labute approximate surface area is 163 Å². The molecule has 0 aliphatic rings. The predicted octanol–water partition coefficient (Wildman–Crippen LogP) is 5.12. The average molecular weight is 378 g/mol. The van der Waals surface area contributed by atoms with Crippen LogP contribution in [0.5, 0.6) is 5.75 Å². The van der Waals surface area contributed by atoms with E-state index >= 15 is 0 Å². The molecule has 0 fully saturated rings. The molecule has 0 atom stereocenters. The van der Waals surface area contributed by atoms with Crippen LogP contribution in [0.1, 0.15) is 36.7 Å². The molecule has 0 bridgehead atoms. The van der Waals surface area contributed by atoms with Crippen molar-refractivity contribution in [2.75, 3.05) is 7.11 Å². The van der Waals surface area contributed by atoms with Gasteiger partial charge >= 0.3 is 0 Å². The maximum atomic E-state index is 13.5. The Morgan fingerprint density at radius 2 is 1.86 bits per heavy atom. The summed E-state index contributed by atoms with van der Waals surface area (Å²) in [5.41, 5.74) is 3.33. The molecular weight excluding hydrogens is 355 g/mol. The lowest BCUT2D eigenvalue weighted by molar-refractivity contribution is 0.415. The third-order valence-corrected chi connectivity index (χ3v) is 4.47. The minimum absolute atomic E-state index is 0.0770. The van der Waals surface area contributed by atoms with E-state index in [2.05, 4.69) is 5.10 Å². The first-order chi connectivity index (χ1) is 13.4. The number of aryl methyl sites for hydroxylation is 1. The summed E-state index contributed by atoms with van der Waals surface area (Å²) in [6.45, 7) is 5.71. The number of benzene rings is 2. The van der Waals surface area contributed by atoms with Crippen molar-refractivity contribution in [3.63, 3.8) is 0 Å². The third kappa shape index (κ3) is 4.03. The molecule has 0 saturated carbocycles. The largest absolute Gasteiger partial charge is 0.497 e. The van der Waals surface area contributed by atoms with Crippen molar-refractivity contribution in [1.29, 1.82) is 0 Å². The summed E-state index contributed by atoms with van der Waals surface area (Å²) in [5.74, 6) is 0.380. The SMILES string of the molecule is COc1cccc(-c2c(C)nn(C(C)C)c(=O)c2C=Cc2cccc(F)c2)c1. The van der Waals surface area contributed by atoms with Gasteiger partial charge in [-0.05, 0) is 62.2 Å². The minimum atomic E-state index is -0.319. The van der Waals surface area contributed by atoms with Crippen molar-refractivity contribution in [1.82, 2.24) is 9.78 Å². The molecule has 3 rings (SSSR count). The second kappa shape index (κ2) is 8.21. The van der Waals surface area contributed by atoms with E-state index in [0.717, 1.165) is 16.8 Å². The molecule has 1 heterocycles. The van der Waals surface area contributed by atoms with Gasteiger partial charge in [0.05, 0.1) is 24.4 Å². The Bertz CT molecular complexity index is 1080. The van der Waals surface area contributed by atoms with Crippen LogP contribution in [0.25, 0.3) is 23.3 Å². The number of methoxy groups -OCH3 is 1. The lowest BCUT2D eigenvalue weighted by Crippen LogP contribution is -2.28. The van der Waals surface area contributed by atoms with Crippen LogP contribution in [0.15, 0.2) is 53.3 Å². The van der Waals surface area contributed by atoms with E-state index in [9.17, 15) is 9.18 Å². The molecular formula is C23H23FN2O2. The molecule has 144 valence electrons. The van der Waals surface area contributed by atoms with Crippen molar-refractivity contribution >= 4 is 12.2 Å². The first-order valence-electron chi connectivity index (χ1n) is 9.12. The number of nitrogens with zero attached hydrogens (tertiary/aromatic N) is 2. The summed E-state index contributed by atoms with van der Waals surface area (Å²) in [5, 5.41) is 4.50. The first-order valence-corrected chi connectivity index (χ1v) is 9.12. The van der Waals surface area contributed by atoms with Gasteiger partial charge in [0.25, 0.3) is 5.56 Å². The molecule has 0 spiro atoms. The molecule has 3 aromatic rings. The number of hydrogen-bond acceptors (Lipinski definition) is 3. The zero-order chi connectivity index (χ0) is 20.3. The third-order valence-electron chi connectivity index (χ3n) is 4.47. The Kier molecular flexibility index (Phi) is 5.73. The quantitative estimate of drug-likeness (QED) is 0.619. The first kappa shape index (κ1) is 19.5. The van der Waals surface area contributed by atoms with E-state index in [-0.39, 0.29) is 17.4 Å². The highest BCUT2D eigenvalue weighted by Gasteiger charge is 2.17. The van der Waals surface area contributed by atoms with Crippen LogP contribution in [-0.2, 0) is 0 Å². The van der Waals surface area contributed by atoms with Crippen LogP contribution in [0.2, 0.25) is 0 Å². The van der Waals surface area contributed by atoms with Crippen molar-refractivity contribution in [3.05, 3.63) is 81.5 Å². The summed E-state index contributed by atoms with van der Waals surface area (Å²) in [6, 6.07) is 13.7. The second-order valence-electron chi connectivity index (χ2n) is 6.84. The summed E-state index contributed by atoms with van der Waals surface area (Å²) in [4.78, 5) is 13.1. The Balaban J connectivity index is 2.23. The van der Waals surface area contributed by atoms with Gasteiger partial charge in [-0.3, -0.25) is 4.79 Å². The van der Waals surface area contributed by atoms with Crippen molar-refractivity contribution in [2.24, 2.45) is 0 Å². The number of aromatic nitrogens is 2. The molecule has 0 aliphatic carbocycles. The van der Waals surface area contributed by atoms with Gasteiger partial charge in [0.1, 0.15) is 11.6 Å². The molecule has 0 N–H and O–H groups in total. The van der Waals surface area contributed by atoms with E-state index in [4.69, 9.17) is 4.74 Å². The number of rotatable bonds is 5. The molecule has 0 aliphatic heterocycles. The van der Waals surface area contributed by atoms with Gasteiger partial charge in [-0.25, -0.2) is 9.07 Å². The summed E-state index contributed by atoms with van der Waals surface area (Å²) in [7, 11) is 1.60. The highest BCUT2D eigenvalue weighted by molar-refractivity contribution is 5.82. The van der Waals surface area contributed by atoms with Crippen LogP contribution >= 0.6 is 0 Å². The molecule has 28 heavy (non-hydrogen) atoms. The van der Waals surface area contributed by atoms with Gasteiger partial charge in [0.2, 0.25) is 0 Å². The van der Waals surface area contributed by atoms with Crippen LogP contribution < -0.4 is 10.3 Å². The maximum absolute atomic E-state index is 13.5. The summed E-state index contributed by atoms with van der Waals surface area (Å²) in [6.07, 6.45) is 3.48. The fraction of sp³-hybridized carbons (Fsp3) is 0.217. The monoisotopic (exact) mass is 378 g/mol. The molecule has 1 aromatic heterocycles. The Hall–Kier alpha value is -3.21. The van der Waals surface area contributed by atoms with E-state index in [1.807, 2.05) is 45.0 Å². The predicted molar refractivity (Wildman–Crippen MR) is 111 cm³/mol. The lowest BCUT2D eigenvalue weighted by atomic mass is 9.98. The molecule has 2 aromatic carbocycles. The van der Waals surface area contributed by atoms with Crippen molar-refractivity contribution in [2.45, 2.75) is 26.8 Å². The van der Waals surface area contributed by atoms with Crippen LogP contribution in [0.3, 0.4) is 0 Å². The van der Waals surface area contributed by atoms with Crippen molar-refractivity contribution < 1.29 is 9.13 Å². The summed E-state index contributed by atoms with van der Waals surface area (Å²) < 4.78 is 20.3. The molecule has 4 nitrogen and oxygen atoms in total. The molecule has 0 radical (unpaired) electrons. The molecule has 5 heteroatoms. The standard InChI is InChI=1S/C23H23FN2O2/c1-15(2)26-23(27)21(12-11-17-7-5-9-19(24)13-17)22(16(3)25-26)18-8-6-10-20(14-18)28-4/h5-15H,1-4H3. The number of hydrogen-bond donors (Lipinski definition) is 0. The second-order valence-corrected chi connectivity index (χ2v) is 6.84. The Morgan fingerprint density at radius 1 is 1.11 bits per heavy atom. The highest BCUT2D eigenvalue weighted by Crippen LogP contribution is 2.29. The van der Waals surface area contributed by atoms with Crippen LogP contribution in [-0.4, -0.2) is 16.9 Å². The van der Waals surface area contributed by atoms with E-state index in [1.165, 1.54) is 16.8 Å². The fourth-order valence-corrected chi connectivity index (χ4v) is 3.12.